The summed E-state index contributed by atoms with van der Waals surface area (Å²) in [6, 6.07) is 5.40. The van der Waals surface area contributed by atoms with Gasteiger partial charge in [0.15, 0.2) is 0 Å². The van der Waals surface area contributed by atoms with Crippen molar-refractivity contribution >= 4 is 35.2 Å². The number of hydrogen-bond donors (Lipinski definition) is 0. The molecule has 0 aliphatic carbocycles. The molecule has 1 unspecified atom stereocenters. The molecule has 1 aliphatic heterocycles. The Kier molecular flexibility index (Phi) is 4.94. The van der Waals surface area contributed by atoms with Crippen molar-refractivity contribution in [3.05, 3.63) is 28.8 Å². The van der Waals surface area contributed by atoms with Crippen LogP contribution >= 0.6 is 23.4 Å². The zero-order chi connectivity index (χ0) is 14.7. The largest absolute Gasteiger partial charge is 0.469 e. The van der Waals surface area contributed by atoms with E-state index in [1.807, 2.05) is 12.3 Å². The van der Waals surface area contributed by atoms with E-state index in [1.165, 1.54) is 7.11 Å². The number of thioether (sulfide) groups is 1. The monoisotopic (exact) mass is 313 g/mol. The summed E-state index contributed by atoms with van der Waals surface area (Å²) in [5.41, 5.74) is 0.490. The average molecular weight is 314 g/mol. The molecular weight excluding hydrogens is 298 g/mol. The zero-order valence-electron chi connectivity index (χ0n) is 11.4. The third-order valence-corrected chi connectivity index (χ3v) is 4.47. The van der Waals surface area contributed by atoms with Crippen molar-refractivity contribution in [3.8, 4) is 0 Å². The molecule has 2 rings (SSSR count). The molecule has 1 aromatic rings. The Morgan fingerprint density at radius 1 is 1.45 bits per heavy atom. The predicted octanol–water partition coefficient (Wildman–Crippen LogP) is 2.70. The van der Waals surface area contributed by atoms with Gasteiger partial charge in [-0.1, -0.05) is 11.6 Å². The second-order valence-electron chi connectivity index (χ2n) is 4.61. The summed E-state index contributed by atoms with van der Waals surface area (Å²) in [6.45, 7) is 0.948. The molecule has 1 fully saturated rings. The molecule has 0 radical (unpaired) electrons. The standard InChI is InChI=1S/C14H16ClNO3S/c1-19-14(18)9-5-6-16(8-9)13(17)11-7-10(20-2)3-4-12(11)15/h3-4,7,9H,5-6,8H2,1-2H3. The van der Waals surface area contributed by atoms with E-state index in [2.05, 4.69) is 0 Å². The first-order valence-electron chi connectivity index (χ1n) is 6.27. The maximum absolute atomic E-state index is 12.5. The van der Waals surface area contributed by atoms with Gasteiger partial charge in [0.1, 0.15) is 0 Å². The third kappa shape index (κ3) is 3.10. The molecule has 1 aliphatic rings. The minimum absolute atomic E-state index is 0.127. The lowest BCUT2D eigenvalue weighted by Crippen LogP contribution is -2.30. The Morgan fingerprint density at radius 2 is 2.20 bits per heavy atom. The van der Waals surface area contributed by atoms with Crippen LogP contribution in [-0.2, 0) is 9.53 Å². The average Bonchev–Trinajstić information content (AvgIpc) is 2.96. The van der Waals surface area contributed by atoms with Crippen LogP contribution in [0.2, 0.25) is 5.02 Å². The number of carbonyl (C=O) groups excluding carboxylic acids is 2. The van der Waals surface area contributed by atoms with E-state index in [4.69, 9.17) is 16.3 Å². The van der Waals surface area contributed by atoms with Crippen molar-refractivity contribution in [2.75, 3.05) is 26.5 Å². The highest BCUT2D eigenvalue weighted by atomic mass is 35.5. The van der Waals surface area contributed by atoms with Gasteiger partial charge in [-0.15, -0.1) is 11.8 Å². The van der Waals surface area contributed by atoms with Gasteiger partial charge >= 0.3 is 5.97 Å². The highest BCUT2D eigenvalue weighted by Gasteiger charge is 2.32. The number of likely N-dealkylation sites (tertiary alicyclic amines) is 1. The van der Waals surface area contributed by atoms with E-state index in [9.17, 15) is 9.59 Å². The van der Waals surface area contributed by atoms with E-state index in [-0.39, 0.29) is 17.8 Å². The molecule has 0 aromatic heterocycles. The third-order valence-electron chi connectivity index (χ3n) is 3.41. The maximum Gasteiger partial charge on any atom is 0.310 e. The summed E-state index contributed by atoms with van der Waals surface area (Å²) in [5, 5.41) is 0.439. The topological polar surface area (TPSA) is 46.6 Å². The number of esters is 1. The molecule has 1 heterocycles. The van der Waals surface area contributed by atoms with Crippen LogP contribution in [-0.4, -0.2) is 43.2 Å². The van der Waals surface area contributed by atoms with Crippen LogP contribution in [0.1, 0.15) is 16.8 Å². The van der Waals surface area contributed by atoms with Gasteiger partial charge < -0.3 is 9.64 Å². The zero-order valence-corrected chi connectivity index (χ0v) is 13.0. The number of carbonyl (C=O) groups is 2. The van der Waals surface area contributed by atoms with Crippen LogP contribution in [0.25, 0.3) is 0 Å². The highest BCUT2D eigenvalue weighted by molar-refractivity contribution is 7.98. The summed E-state index contributed by atoms with van der Waals surface area (Å²) in [6.07, 6.45) is 2.58. The van der Waals surface area contributed by atoms with E-state index in [0.717, 1.165) is 4.90 Å². The van der Waals surface area contributed by atoms with Crippen LogP contribution < -0.4 is 0 Å². The molecule has 1 amide bonds. The second-order valence-corrected chi connectivity index (χ2v) is 5.89. The first-order chi connectivity index (χ1) is 9.56. The number of amides is 1. The quantitative estimate of drug-likeness (QED) is 0.636. The number of nitrogens with zero attached hydrogens (tertiary/aromatic N) is 1. The summed E-state index contributed by atoms with van der Waals surface area (Å²) < 4.78 is 4.72. The molecule has 1 aromatic carbocycles. The Morgan fingerprint density at radius 3 is 2.85 bits per heavy atom. The van der Waals surface area contributed by atoms with Crippen LogP contribution in [0, 0.1) is 5.92 Å². The van der Waals surface area contributed by atoms with Crippen molar-refractivity contribution in [1.82, 2.24) is 4.90 Å². The summed E-state index contributed by atoms with van der Waals surface area (Å²) >= 11 is 7.66. The van der Waals surface area contributed by atoms with Crippen molar-refractivity contribution in [1.29, 1.82) is 0 Å². The van der Waals surface area contributed by atoms with Crippen LogP contribution in [0.15, 0.2) is 23.1 Å². The van der Waals surface area contributed by atoms with Crippen LogP contribution in [0.3, 0.4) is 0 Å². The van der Waals surface area contributed by atoms with Gasteiger partial charge in [-0.2, -0.15) is 0 Å². The summed E-state index contributed by atoms with van der Waals surface area (Å²) in [7, 11) is 1.37. The number of hydrogen-bond acceptors (Lipinski definition) is 4. The molecule has 4 nitrogen and oxygen atoms in total. The predicted molar refractivity (Wildman–Crippen MR) is 79.3 cm³/mol. The fourth-order valence-corrected chi connectivity index (χ4v) is 2.91. The van der Waals surface area contributed by atoms with Crippen LogP contribution in [0.5, 0.6) is 0 Å². The molecule has 6 heteroatoms. The minimum atomic E-state index is -0.260. The van der Waals surface area contributed by atoms with E-state index in [1.54, 1.807) is 28.8 Å². The molecule has 0 saturated carbocycles. The lowest BCUT2D eigenvalue weighted by molar-refractivity contribution is -0.144. The van der Waals surface area contributed by atoms with Gasteiger partial charge in [-0.3, -0.25) is 9.59 Å². The van der Waals surface area contributed by atoms with Gasteiger partial charge in [-0.25, -0.2) is 0 Å². The second kappa shape index (κ2) is 6.50. The first kappa shape index (κ1) is 15.2. The Labute approximate surface area is 127 Å². The molecule has 20 heavy (non-hydrogen) atoms. The van der Waals surface area contributed by atoms with Crippen LogP contribution in [0.4, 0.5) is 0 Å². The lowest BCUT2D eigenvalue weighted by Gasteiger charge is -2.17. The molecule has 1 saturated heterocycles. The van der Waals surface area contributed by atoms with Crippen molar-refractivity contribution in [3.63, 3.8) is 0 Å². The van der Waals surface area contributed by atoms with E-state index < -0.39 is 0 Å². The molecule has 108 valence electrons. The van der Waals surface area contributed by atoms with Gasteiger partial charge in [-0.05, 0) is 30.9 Å². The minimum Gasteiger partial charge on any atom is -0.469 e. The smallest absolute Gasteiger partial charge is 0.310 e. The van der Waals surface area contributed by atoms with E-state index >= 15 is 0 Å². The SMILES string of the molecule is COC(=O)C1CCN(C(=O)c2cc(SC)ccc2Cl)C1. The number of rotatable bonds is 3. The van der Waals surface area contributed by atoms with E-state index in [0.29, 0.717) is 30.1 Å². The number of benzene rings is 1. The first-order valence-corrected chi connectivity index (χ1v) is 7.87. The Hall–Kier alpha value is -1.20. The van der Waals surface area contributed by atoms with Gasteiger partial charge in [0.05, 0.1) is 23.6 Å². The number of halogens is 1. The number of ether oxygens (including phenoxy) is 1. The molecule has 1 atom stereocenters. The molecule has 0 spiro atoms. The highest BCUT2D eigenvalue weighted by Crippen LogP contribution is 2.26. The molecule has 0 bridgehead atoms. The van der Waals surface area contributed by atoms with Gasteiger partial charge in [0, 0.05) is 18.0 Å². The Bertz CT molecular complexity index is 535. The lowest BCUT2D eigenvalue weighted by atomic mass is 10.1. The normalized spacial score (nSPS) is 18.1. The fourth-order valence-electron chi connectivity index (χ4n) is 2.27. The van der Waals surface area contributed by atoms with Gasteiger partial charge in [0.2, 0.25) is 0 Å². The van der Waals surface area contributed by atoms with Crippen molar-refractivity contribution in [2.45, 2.75) is 11.3 Å². The Balaban J connectivity index is 2.15. The van der Waals surface area contributed by atoms with Crippen molar-refractivity contribution < 1.29 is 14.3 Å². The summed E-state index contributed by atoms with van der Waals surface area (Å²) in [5.74, 6) is -0.618. The summed E-state index contributed by atoms with van der Waals surface area (Å²) in [4.78, 5) is 26.6. The molecule has 0 N–H and O–H groups in total. The maximum atomic E-state index is 12.5. The van der Waals surface area contributed by atoms with Crippen molar-refractivity contribution in [2.24, 2.45) is 5.92 Å². The fraction of sp³-hybridized carbons (Fsp3) is 0.429. The number of methoxy groups -OCH3 is 1. The van der Waals surface area contributed by atoms with Gasteiger partial charge in [0.25, 0.3) is 5.91 Å². The molecular formula is C14H16ClNO3S.